The molecule has 0 fully saturated rings. The van der Waals surface area contributed by atoms with Crippen molar-refractivity contribution in [3.8, 4) is 11.5 Å². The molecule has 0 unspecified atom stereocenters. The largest absolute Gasteiger partial charge is 0.427 e. The zero-order valence-electron chi connectivity index (χ0n) is 18.3. The molecule has 0 saturated heterocycles. The molecule has 3 aromatic carbocycles. The minimum atomic E-state index is -4.83. The van der Waals surface area contributed by atoms with Gasteiger partial charge in [0, 0.05) is 19.4 Å². The standard InChI is InChI=1S/C25H17ClF3NO5/c1-13(31)34-17-7-3-15(4-8-17)24(16-5-9-18(10-6-16)35-14(2)32)19-11-12-20(26)21(25(27,28)29)22(19)30-23(24)33/h3-12H,1-2H3,(H,30,33). The molecule has 0 radical (unpaired) electrons. The molecule has 4 rings (SSSR count). The Hall–Kier alpha value is -3.85. The van der Waals surface area contributed by atoms with E-state index < -0.39 is 45.7 Å². The van der Waals surface area contributed by atoms with Gasteiger partial charge in [-0.3, -0.25) is 14.4 Å². The third kappa shape index (κ3) is 4.23. The van der Waals surface area contributed by atoms with Crippen LogP contribution in [0.5, 0.6) is 11.5 Å². The number of halogens is 4. The fraction of sp³-hybridized carbons (Fsp3) is 0.160. The van der Waals surface area contributed by atoms with Gasteiger partial charge in [0.15, 0.2) is 0 Å². The van der Waals surface area contributed by atoms with Crippen LogP contribution in [0.4, 0.5) is 18.9 Å². The predicted octanol–water partition coefficient (Wildman–Crippen LogP) is 5.50. The summed E-state index contributed by atoms with van der Waals surface area (Å²) in [4.78, 5) is 36.1. The molecule has 0 spiro atoms. The number of hydrogen-bond donors (Lipinski definition) is 1. The molecule has 10 heteroatoms. The van der Waals surface area contributed by atoms with E-state index in [1.165, 1.54) is 68.4 Å². The number of alkyl halides is 3. The molecule has 1 aliphatic heterocycles. The first-order valence-electron chi connectivity index (χ1n) is 10.2. The van der Waals surface area contributed by atoms with Gasteiger partial charge in [0.05, 0.1) is 16.3 Å². The number of fused-ring (bicyclic) bond motifs is 1. The van der Waals surface area contributed by atoms with Crippen molar-refractivity contribution in [2.45, 2.75) is 25.4 Å². The lowest BCUT2D eigenvalue weighted by Gasteiger charge is -2.29. The van der Waals surface area contributed by atoms with Gasteiger partial charge in [-0.2, -0.15) is 13.2 Å². The van der Waals surface area contributed by atoms with E-state index in [-0.39, 0.29) is 17.1 Å². The summed E-state index contributed by atoms with van der Waals surface area (Å²) in [6.45, 7) is 2.45. The maximum Gasteiger partial charge on any atom is 0.419 e. The van der Waals surface area contributed by atoms with E-state index in [9.17, 15) is 27.6 Å². The Labute approximate surface area is 202 Å². The van der Waals surface area contributed by atoms with Gasteiger partial charge in [-0.15, -0.1) is 0 Å². The first-order chi connectivity index (χ1) is 16.4. The van der Waals surface area contributed by atoms with Crippen LogP contribution < -0.4 is 14.8 Å². The van der Waals surface area contributed by atoms with Crippen molar-refractivity contribution >= 4 is 35.1 Å². The normalized spacial score (nSPS) is 14.2. The summed E-state index contributed by atoms with van der Waals surface area (Å²) in [5.41, 5.74) is -2.62. The number of carbonyl (C=O) groups is 3. The van der Waals surface area contributed by atoms with Gasteiger partial charge in [0.2, 0.25) is 5.91 Å². The zero-order valence-corrected chi connectivity index (χ0v) is 19.1. The SMILES string of the molecule is CC(=O)Oc1ccc(C2(c3ccc(OC(C)=O)cc3)C(=O)Nc3c2ccc(Cl)c3C(F)(F)F)cc1. The molecule has 0 aromatic heterocycles. The molecule has 0 bridgehead atoms. The summed E-state index contributed by atoms with van der Waals surface area (Å²) in [6.07, 6.45) is -4.83. The quantitative estimate of drug-likeness (QED) is 0.376. The van der Waals surface area contributed by atoms with Crippen molar-refractivity contribution in [2.75, 3.05) is 5.32 Å². The molecule has 0 saturated carbocycles. The average molecular weight is 504 g/mol. The number of nitrogens with one attached hydrogen (secondary N) is 1. The second-order valence-corrected chi connectivity index (χ2v) is 8.19. The van der Waals surface area contributed by atoms with E-state index in [0.29, 0.717) is 11.1 Å². The van der Waals surface area contributed by atoms with Crippen LogP contribution >= 0.6 is 11.6 Å². The molecule has 1 heterocycles. The molecule has 180 valence electrons. The highest BCUT2D eigenvalue weighted by Crippen LogP contribution is 2.53. The molecule has 0 atom stereocenters. The highest BCUT2D eigenvalue weighted by molar-refractivity contribution is 6.32. The molecule has 1 aliphatic rings. The van der Waals surface area contributed by atoms with E-state index in [1.807, 2.05) is 0 Å². The van der Waals surface area contributed by atoms with E-state index in [4.69, 9.17) is 21.1 Å². The van der Waals surface area contributed by atoms with Gasteiger partial charge in [-0.05, 0) is 41.5 Å². The third-order valence-corrected chi connectivity index (χ3v) is 5.83. The molecule has 6 nitrogen and oxygen atoms in total. The maximum atomic E-state index is 13.9. The highest BCUT2D eigenvalue weighted by Gasteiger charge is 2.53. The number of esters is 2. The van der Waals surface area contributed by atoms with Crippen LogP contribution in [0, 0.1) is 0 Å². The lowest BCUT2D eigenvalue weighted by Crippen LogP contribution is -2.37. The van der Waals surface area contributed by atoms with Crippen LogP contribution in [0.1, 0.15) is 36.1 Å². The summed E-state index contributed by atoms with van der Waals surface area (Å²) >= 11 is 5.90. The lowest BCUT2D eigenvalue weighted by molar-refractivity contribution is -0.137. The fourth-order valence-electron chi connectivity index (χ4n) is 4.24. The van der Waals surface area contributed by atoms with Crippen molar-refractivity contribution in [3.63, 3.8) is 0 Å². The highest BCUT2D eigenvalue weighted by atomic mass is 35.5. The van der Waals surface area contributed by atoms with Crippen molar-refractivity contribution in [1.82, 2.24) is 0 Å². The van der Waals surface area contributed by atoms with Crippen molar-refractivity contribution in [2.24, 2.45) is 0 Å². The van der Waals surface area contributed by atoms with E-state index in [2.05, 4.69) is 5.32 Å². The van der Waals surface area contributed by atoms with Crippen molar-refractivity contribution in [1.29, 1.82) is 0 Å². The van der Waals surface area contributed by atoms with E-state index in [1.54, 1.807) is 0 Å². The van der Waals surface area contributed by atoms with E-state index >= 15 is 0 Å². The third-order valence-electron chi connectivity index (χ3n) is 5.52. The van der Waals surface area contributed by atoms with Gasteiger partial charge in [0.1, 0.15) is 16.9 Å². The number of carbonyl (C=O) groups excluding carboxylic acids is 3. The Morgan fingerprint density at radius 2 is 1.29 bits per heavy atom. The molecule has 1 amide bonds. The minimum absolute atomic E-state index is 0.0414. The van der Waals surface area contributed by atoms with Crippen LogP contribution in [-0.4, -0.2) is 17.8 Å². The summed E-state index contributed by atoms with van der Waals surface area (Å²) in [6, 6.07) is 14.2. The first kappa shape index (κ1) is 24.3. The molecular formula is C25H17ClF3NO5. The molecule has 1 N–H and O–H groups in total. The maximum absolute atomic E-state index is 13.9. The molecule has 35 heavy (non-hydrogen) atoms. The topological polar surface area (TPSA) is 81.7 Å². The first-order valence-corrected chi connectivity index (χ1v) is 10.6. The Bertz CT molecular complexity index is 1280. The van der Waals surface area contributed by atoms with Gasteiger partial charge >= 0.3 is 18.1 Å². The van der Waals surface area contributed by atoms with Gasteiger partial charge in [0.25, 0.3) is 0 Å². The number of ether oxygens (including phenoxy) is 2. The van der Waals surface area contributed by atoms with Crippen LogP contribution in [0.3, 0.4) is 0 Å². The summed E-state index contributed by atoms with van der Waals surface area (Å²) < 4.78 is 51.8. The second-order valence-electron chi connectivity index (χ2n) is 7.78. The summed E-state index contributed by atoms with van der Waals surface area (Å²) in [7, 11) is 0. The molecule has 0 aliphatic carbocycles. The zero-order chi connectivity index (χ0) is 25.5. The number of rotatable bonds is 4. The molecule has 3 aromatic rings. The summed E-state index contributed by atoms with van der Waals surface area (Å²) in [5, 5.41) is 1.83. The number of anilines is 1. The van der Waals surface area contributed by atoms with Crippen LogP contribution in [0.2, 0.25) is 5.02 Å². The van der Waals surface area contributed by atoms with Crippen LogP contribution in [-0.2, 0) is 26.0 Å². The average Bonchev–Trinajstić information content (AvgIpc) is 3.05. The smallest absolute Gasteiger partial charge is 0.419 e. The predicted molar refractivity (Wildman–Crippen MR) is 120 cm³/mol. The van der Waals surface area contributed by atoms with Crippen LogP contribution in [0.15, 0.2) is 60.7 Å². The van der Waals surface area contributed by atoms with Crippen LogP contribution in [0.25, 0.3) is 0 Å². The Kier molecular flexibility index (Phi) is 6.06. The Balaban J connectivity index is 1.98. The lowest BCUT2D eigenvalue weighted by atomic mass is 9.70. The van der Waals surface area contributed by atoms with Crippen molar-refractivity contribution in [3.05, 3.63) is 87.9 Å². The van der Waals surface area contributed by atoms with Gasteiger partial charge in [-0.1, -0.05) is 41.9 Å². The minimum Gasteiger partial charge on any atom is -0.427 e. The fourth-order valence-corrected chi connectivity index (χ4v) is 4.51. The number of amides is 1. The monoisotopic (exact) mass is 503 g/mol. The Morgan fingerprint density at radius 1 is 0.829 bits per heavy atom. The van der Waals surface area contributed by atoms with Gasteiger partial charge < -0.3 is 14.8 Å². The van der Waals surface area contributed by atoms with Crippen molar-refractivity contribution < 1.29 is 37.0 Å². The second kappa shape index (κ2) is 8.74. The summed E-state index contributed by atoms with van der Waals surface area (Å²) in [5.74, 6) is -1.44. The Morgan fingerprint density at radius 3 is 1.69 bits per heavy atom. The molecular weight excluding hydrogens is 487 g/mol. The number of benzene rings is 3. The van der Waals surface area contributed by atoms with E-state index in [0.717, 1.165) is 6.07 Å². The number of hydrogen-bond acceptors (Lipinski definition) is 5. The van der Waals surface area contributed by atoms with Gasteiger partial charge in [-0.25, -0.2) is 0 Å².